The molecule has 0 atom stereocenters. The minimum absolute atomic E-state index is 0.0903. The van der Waals surface area contributed by atoms with E-state index in [0.717, 1.165) is 24.2 Å². The van der Waals surface area contributed by atoms with E-state index in [0.29, 0.717) is 6.54 Å². The Morgan fingerprint density at radius 3 is 2.58 bits per heavy atom. The SMILES string of the molecule is COc1cc(C)c(C)cc1CNC(=O)C1CC(N)C1. The molecule has 3 N–H and O–H groups in total. The highest BCUT2D eigenvalue weighted by atomic mass is 16.5. The number of hydrogen-bond acceptors (Lipinski definition) is 3. The van der Waals surface area contributed by atoms with Gasteiger partial charge in [0.05, 0.1) is 7.11 Å². The molecule has 19 heavy (non-hydrogen) atoms. The highest BCUT2D eigenvalue weighted by molar-refractivity contribution is 5.79. The smallest absolute Gasteiger partial charge is 0.223 e. The van der Waals surface area contributed by atoms with Gasteiger partial charge in [-0.25, -0.2) is 0 Å². The van der Waals surface area contributed by atoms with Gasteiger partial charge in [-0.3, -0.25) is 4.79 Å². The molecule has 2 rings (SSSR count). The van der Waals surface area contributed by atoms with Crippen LogP contribution >= 0.6 is 0 Å². The van der Waals surface area contributed by atoms with Crippen molar-refractivity contribution < 1.29 is 9.53 Å². The summed E-state index contributed by atoms with van der Waals surface area (Å²) in [6.07, 6.45) is 1.60. The quantitative estimate of drug-likeness (QED) is 0.867. The Balaban J connectivity index is 1.99. The predicted molar refractivity (Wildman–Crippen MR) is 75.0 cm³/mol. The van der Waals surface area contributed by atoms with Gasteiger partial charge in [0, 0.05) is 24.1 Å². The van der Waals surface area contributed by atoms with Gasteiger partial charge in [0.1, 0.15) is 5.75 Å². The molecule has 1 saturated carbocycles. The van der Waals surface area contributed by atoms with Crippen molar-refractivity contribution in [1.82, 2.24) is 5.32 Å². The lowest BCUT2D eigenvalue weighted by molar-refractivity contribution is -0.128. The van der Waals surface area contributed by atoms with Crippen LogP contribution in [0.4, 0.5) is 0 Å². The Kier molecular flexibility index (Phi) is 4.10. The second kappa shape index (κ2) is 5.61. The number of methoxy groups -OCH3 is 1. The van der Waals surface area contributed by atoms with E-state index in [1.165, 1.54) is 11.1 Å². The Hall–Kier alpha value is -1.55. The third-order valence-corrected chi connectivity index (χ3v) is 3.90. The molecular weight excluding hydrogens is 240 g/mol. The Labute approximate surface area is 114 Å². The first kappa shape index (κ1) is 13.9. The van der Waals surface area contributed by atoms with Crippen molar-refractivity contribution in [3.8, 4) is 5.75 Å². The Bertz CT molecular complexity index is 479. The van der Waals surface area contributed by atoms with Gasteiger partial charge in [0.15, 0.2) is 0 Å². The standard InChI is InChI=1S/C15H22N2O2/c1-9-4-12(14(19-3)5-10(9)2)8-17-15(18)11-6-13(16)7-11/h4-5,11,13H,6-8,16H2,1-3H3,(H,17,18). The normalized spacial score (nSPS) is 21.7. The summed E-state index contributed by atoms with van der Waals surface area (Å²) < 4.78 is 5.36. The van der Waals surface area contributed by atoms with Crippen LogP contribution in [0.5, 0.6) is 5.75 Å². The lowest BCUT2D eigenvalue weighted by atomic mass is 9.80. The lowest BCUT2D eigenvalue weighted by Crippen LogP contribution is -2.44. The van der Waals surface area contributed by atoms with Crippen molar-refractivity contribution in [1.29, 1.82) is 0 Å². The van der Waals surface area contributed by atoms with Gasteiger partial charge in [0.2, 0.25) is 5.91 Å². The summed E-state index contributed by atoms with van der Waals surface area (Å²) in [7, 11) is 1.65. The van der Waals surface area contributed by atoms with Gasteiger partial charge in [-0.05, 0) is 43.9 Å². The summed E-state index contributed by atoms with van der Waals surface area (Å²) in [6, 6.07) is 4.28. The first-order valence-electron chi connectivity index (χ1n) is 6.68. The molecule has 0 aromatic heterocycles. The van der Waals surface area contributed by atoms with Gasteiger partial charge in [-0.15, -0.1) is 0 Å². The number of aryl methyl sites for hydroxylation is 2. The third kappa shape index (κ3) is 3.07. The van der Waals surface area contributed by atoms with Crippen LogP contribution in [0.1, 0.15) is 29.5 Å². The zero-order valence-electron chi connectivity index (χ0n) is 11.8. The van der Waals surface area contributed by atoms with Crippen molar-refractivity contribution in [2.75, 3.05) is 7.11 Å². The maximum atomic E-state index is 11.9. The minimum atomic E-state index is 0.0903. The number of hydrogen-bond donors (Lipinski definition) is 2. The van der Waals surface area contributed by atoms with Crippen molar-refractivity contribution in [2.45, 2.75) is 39.3 Å². The highest BCUT2D eigenvalue weighted by Gasteiger charge is 2.31. The minimum Gasteiger partial charge on any atom is -0.496 e. The Morgan fingerprint density at radius 1 is 1.37 bits per heavy atom. The molecule has 0 bridgehead atoms. The molecule has 1 aromatic carbocycles. The van der Waals surface area contributed by atoms with Crippen LogP contribution in [0.2, 0.25) is 0 Å². The number of benzene rings is 1. The molecule has 1 fully saturated rings. The van der Waals surface area contributed by atoms with Crippen LogP contribution in [0.25, 0.3) is 0 Å². The van der Waals surface area contributed by atoms with Gasteiger partial charge < -0.3 is 15.8 Å². The summed E-state index contributed by atoms with van der Waals surface area (Å²) >= 11 is 0. The van der Waals surface area contributed by atoms with Crippen LogP contribution in [0, 0.1) is 19.8 Å². The second-order valence-corrected chi connectivity index (χ2v) is 5.39. The van der Waals surface area contributed by atoms with Gasteiger partial charge in [0.25, 0.3) is 0 Å². The number of carbonyl (C=O) groups is 1. The van der Waals surface area contributed by atoms with Gasteiger partial charge >= 0.3 is 0 Å². The molecule has 1 aliphatic rings. The molecular formula is C15H22N2O2. The second-order valence-electron chi connectivity index (χ2n) is 5.39. The van der Waals surface area contributed by atoms with Crippen molar-refractivity contribution >= 4 is 5.91 Å². The maximum absolute atomic E-state index is 11.9. The van der Waals surface area contributed by atoms with Crippen LogP contribution in [-0.2, 0) is 11.3 Å². The molecule has 1 amide bonds. The van der Waals surface area contributed by atoms with E-state index in [4.69, 9.17) is 10.5 Å². The number of nitrogens with two attached hydrogens (primary N) is 1. The van der Waals surface area contributed by atoms with Crippen LogP contribution in [0.3, 0.4) is 0 Å². The largest absolute Gasteiger partial charge is 0.496 e. The summed E-state index contributed by atoms with van der Waals surface area (Å²) in [5.74, 6) is 1.02. The first-order valence-corrected chi connectivity index (χ1v) is 6.68. The van der Waals surface area contributed by atoms with E-state index in [9.17, 15) is 4.79 Å². The summed E-state index contributed by atoms with van der Waals surface area (Å²) in [5.41, 5.74) is 9.11. The molecule has 0 aliphatic heterocycles. The molecule has 1 aromatic rings. The van der Waals surface area contributed by atoms with Gasteiger partial charge in [-0.2, -0.15) is 0 Å². The van der Waals surface area contributed by atoms with E-state index >= 15 is 0 Å². The predicted octanol–water partition coefficient (Wildman–Crippen LogP) is 1.67. The van der Waals surface area contributed by atoms with Crippen LogP contribution in [-0.4, -0.2) is 19.1 Å². The van der Waals surface area contributed by atoms with Crippen molar-refractivity contribution in [3.05, 3.63) is 28.8 Å². The molecule has 1 aliphatic carbocycles. The number of carbonyl (C=O) groups excluding carboxylic acids is 1. The van der Waals surface area contributed by atoms with E-state index in [1.807, 2.05) is 6.07 Å². The fourth-order valence-electron chi connectivity index (χ4n) is 2.38. The molecule has 0 heterocycles. The summed E-state index contributed by atoms with van der Waals surface area (Å²) in [6.45, 7) is 4.62. The average Bonchev–Trinajstić information content (AvgIpc) is 2.35. The molecule has 0 radical (unpaired) electrons. The van der Waals surface area contributed by atoms with Crippen LogP contribution < -0.4 is 15.8 Å². The molecule has 4 heteroatoms. The fourth-order valence-corrected chi connectivity index (χ4v) is 2.38. The molecule has 0 unspecified atom stereocenters. The molecule has 104 valence electrons. The summed E-state index contributed by atoms with van der Waals surface area (Å²) in [4.78, 5) is 11.9. The van der Waals surface area contributed by atoms with Crippen LogP contribution in [0.15, 0.2) is 12.1 Å². The van der Waals surface area contributed by atoms with Crippen molar-refractivity contribution in [2.24, 2.45) is 11.7 Å². The van der Waals surface area contributed by atoms with E-state index < -0.39 is 0 Å². The maximum Gasteiger partial charge on any atom is 0.223 e. The monoisotopic (exact) mass is 262 g/mol. The molecule has 0 saturated heterocycles. The zero-order valence-corrected chi connectivity index (χ0v) is 11.8. The third-order valence-electron chi connectivity index (χ3n) is 3.90. The summed E-state index contributed by atoms with van der Waals surface area (Å²) in [5, 5.41) is 2.97. The fraction of sp³-hybridized carbons (Fsp3) is 0.533. The van der Waals surface area contributed by atoms with E-state index in [1.54, 1.807) is 7.11 Å². The highest BCUT2D eigenvalue weighted by Crippen LogP contribution is 2.26. The topological polar surface area (TPSA) is 64.3 Å². The Morgan fingerprint density at radius 2 is 2.00 bits per heavy atom. The zero-order chi connectivity index (χ0) is 14.0. The number of ether oxygens (including phenoxy) is 1. The van der Waals surface area contributed by atoms with Crippen molar-refractivity contribution in [3.63, 3.8) is 0 Å². The van der Waals surface area contributed by atoms with Gasteiger partial charge in [-0.1, -0.05) is 6.07 Å². The number of rotatable bonds is 4. The first-order chi connectivity index (χ1) is 9.01. The number of nitrogens with one attached hydrogen (secondary N) is 1. The average molecular weight is 262 g/mol. The number of amides is 1. The molecule has 4 nitrogen and oxygen atoms in total. The van der Waals surface area contributed by atoms with E-state index in [-0.39, 0.29) is 17.9 Å². The van der Waals surface area contributed by atoms with E-state index in [2.05, 4.69) is 25.2 Å². The molecule has 0 spiro atoms. The lowest BCUT2D eigenvalue weighted by Gasteiger charge is -2.31.